The zero-order valence-electron chi connectivity index (χ0n) is 14.2. The van der Waals surface area contributed by atoms with Crippen LogP contribution in [0.25, 0.3) is 11.1 Å². The van der Waals surface area contributed by atoms with Gasteiger partial charge in [-0.1, -0.05) is 0 Å². The van der Waals surface area contributed by atoms with Crippen LogP contribution < -0.4 is 43.5 Å². The van der Waals surface area contributed by atoms with Crippen LogP contribution in [0.5, 0.6) is 0 Å². The Kier molecular flexibility index (Phi) is 11.5. The molecule has 0 atom stereocenters. The smallest absolute Gasteiger partial charge is 0.500 e. The number of rotatable bonds is 8. The van der Waals surface area contributed by atoms with Crippen LogP contribution >= 0.6 is 0 Å². The second-order valence-electron chi connectivity index (χ2n) is 5.01. The molecule has 2 rings (SSSR count). The highest BCUT2D eigenvalue weighted by atomic mass is 79.9. The second kappa shape index (κ2) is 11.8. The molecule has 0 unspecified atom stereocenters. The molecule has 0 aliphatic rings. The van der Waals surface area contributed by atoms with E-state index in [0.29, 0.717) is 0 Å². The van der Waals surface area contributed by atoms with Gasteiger partial charge in [0.05, 0.1) is 0 Å². The van der Waals surface area contributed by atoms with E-state index in [1.165, 1.54) is 11.1 Å². The molecule has 0 radical (unpaired) electrons. The van der Waals surface area contributed by atoms with Gasteiger partial charge in [0.1, 0.15) is 6.54 Å². The summed E-state index contributed by atoms with van der Waals surface area (Å²) in [5.41, 5.74) is 2.41. The van der Waals surface area contributed by atoms with Gasteiger partial charge < -0.3 is 47.2 Å². The number of halogens is 2. The summed E-state index contributed by atoms with van der Waals surface area (Å²) in [5, 5.41) is 0. The van der Waals surface area contributed by atoms with Crippen molar-refractivity contribution >= 4 is 8.80 Å². The summed E-state index contributed by atoms with van der Waals surface area (Å²) in [6.45, 7) is 0.910. The van der Waals surface area contributed by atoms with E-state index in [2.05, 4.69) is 46.2 Å². The second-order valence-corrected chi connectivity index (χ2v) is 8.10. The molecule has 0 fully saturated rings. The van der Waals surface area contributed by atoms with Crippen LogP contribution in [0, 0.1) is 0 Å². The van der Waals surface area contributed by atoms with Crippen LogP contribution in [-0.4, -0.2) is 30.1 Å². The fraction of sp³-hybridized carbons (Fsp3) is 0.375. The van der Waals surface area contributed by atoms with Crippen LogP contribution in [0.4, 0.5) is 0 Å². The average Bonchev–Trinajstić information content (AvgIpc) is 2.60. The molecule has 2 heterocycles. The predicted molar refractivity (Wildman–Crippen MR) is 84.8 cm³/mol. The Morgan fingerprint density at radius 2 is 1.38 bits per heavy atom. The van der Waals surface area contributed by atoms with E-state index in [1.807, 2.05) is 12.4 Å². The highest BCUT2D eigenvalue weighted by molar-refractivity contribution is 6.60. The van der Waals surface area contributed by atoms with Gasteiger partial charge >= 0.3 is 8.80 Å². The molecular weight excluding hydrogens is 456 g/mol. The normalized spacial score (nSPS) is 10.6. The van der Waals surface area contributed by atoms with E-state index in [4.69, 9.17) is 13.3 Å². The first-order valence-electron chi connectivity index (χ1n) is 7.34. The van der Waals surface area contributed by atoms with Gasteiger partial charge in [0.15, 0.2) is 24.8 Å². The maximum atomic E-state index is 5.43. The summed E-state index contributed by atoms with van der Waals surface area (Å²) in [6.07, 6.45) is 9.01. The zero-order chi connectivity index (χ0) is 15.8. The number of hydrogen-bond acceptors (Lipinski definition) is 3. The molecule has 0 saturated carbocycles. The van der Waals surface area contributed by atoms with Crippen LogP contribution in [0.15, 0.2) is 49.1 Å². The van der Waals surface area contributed by atoms with E-state index in [9.17, 15) is 0 Å². The number of nitrogens with zero attached hydrogens (tertiary/aromatic N) is 1. The Morgan fingerprint density at radius 3 is 1.88 bits per heavy atom. The third kappa shape index (κ3) is 6.34. The molecular formula is C16H24Br2N2O3Si. The van der Waals surface area contributed by atoms with Crippen LogP contribution in [0.3, 0.4) is 0 Å². The molecule has 8 heteroatoms. The fourth-order valence-electron chi connectivity index (χ4n) is 2.41. The number of nitrogens with one attached hydrogen (secondary N) is 1. The lowest BCUT2D eigenvalue weighted by molar-refractivity contribution is -0.696. The maximum Gasteiger partial charge on any atom is 0.500 e. The van der Waals surface area contributed by atoms with Crippen molar-refractivity contribution in [2.24, 2.45) is 0 Å². The Bertz CT molecular complexity index is 561. The number of H-pyrrole nitrogens is 1. The predicted octanol–water partition coefficient (Wildman–Crippen LogP) is -4.27. The van der Waals surface area contributed by atoms with Gasteiger partial charge in [-0.3, -0.25) is 0 Å². The molecule has 0 aliphatic heterocycles. The van der Waals surface area contributed by atoms with Crippen molar-refractivity contribution in [3.63, 3.8) is 0 Å². The average molecular weight is 480 g/mol. The molecule has 5 nitrogen and oxygen atoms in total. The molecule has 24 heavy (non-hydrogen) atoms. The fourth-order valence-corrected chi connectivity index (χ4v) is 4.12. The molecule has 0 bridgehead atoms. The first-order valence-corrected chi connectivity index (χ1v) is 9.27. The van der Waals surface area contributed by atoms with Gasteiger partial charge in [-0.25, -0.2) is 9.55 Å². The molecule has 2 aromatic rings. The molecule has 2 aromatic heterocycles. The monoisotopic (exact) mass is 478 g/mol. The first-order chi connectivity index (χ1) is 10.7. The maximum absolute atomic E-state index is 5.43. The Labute approximate surface area is 165 Å². The van der Waals surface area contributed by atoms with Crippen LogP contribution in [0.2, 0.25) is 6.04 Å². The quantitative estimate of drug-likeness (QED) is 0.284. The topological polar surface area (TPSA) is 45.7 Å². The molecule has 134 valence electrons. The third-order valence-corrected chi connectivity index (χ3v) is 6.61. The van der Waals surface area contributed by atoms with Crippen molar-refractivity contribution in [1.82, 2.24) is 0 Å². The summed E-state index contributed by atoms with van der Waals surface area (Å²) in [7, 11) is 2.50. The van der Waals surface area contributed by atoms with Gasteiger partial charge in [-0.05, 0) is 11.1 Å². The standard InChI is InChI=1S/C16H23N2O3Si.2BrH/c1-19-22(20-2,21-3)14-4-11-18-12-7-16(8-13-18)15-5-9-17-10-6-15;;/h5-10,12-13H,4,11,14H2,1-3H3;2*1H/q+1;;/p-1. The van der Waals surface area contributed by atoms with E-state index >= 15 is 0 Å². The summed E-state index contributed by atoms with van der Waals surface area (Å²) in [4.78, 5) is 3.04. The van der Waals surface area contributed by atoms with Crippen molar-refractivity contribution in [3.05, 3.63) is 49.1 Å². The zero-order valence-corrected chi connectivity index (χ0v) is 18.3. The number of pyridine rings is 2. The van der Waals surface area contributed by atoms with E-state index < -0.39 is 8.80 Å². The minimum absolute atomic E-state index is 0. The van der Waals surface area contributed by atoms with Crippen LogP contribution in [0.1, 0.15) is 6.42 Å². The number of hydrogen-bond donors (Lipinski definition) is 0. The molecule has 0 saturated heterocycles. The van der Waals surface area contributed by atoms with Crippen molar-refractivity contribution in [2.75, 3.05) is 21.3 Å². The van der Waals surface area contributed by atoms with Gasteiger partial charge in [-0.2, -0.15) is 0 Å². The van der Waals surface area contributed by atoms with Crippen molar-refractivity contribution < 1.29 is 56.8 Å². The lowest BCUT2D eigenvalue weighted by Gasteiger charge is -2.23. The van der Waals surface area contributed by atoms with Crippen molar-refractivity contribution in [2.45, 2.75) is 19.0 Å². The molecule has 1 N–H and O–H groups in total. The summed E-state index contributed by atoms with van der Waals surface area (Å²) in [5.74, 6) is 0. The van der Waals surface area contributed by atoms with E-state index in [-0.39, 0.29) is 34.0 Å². The van der Waals surface area contributed by atoms with Gasteiger partial charge in [-0.15, -0.1) is 0 Å². The van der Waals surface area contributed by atoms with Gasteiger partial charge in [0.2, 0.25) is 0 Å². The highest BCUT2D eigenvalue weighted by Gasteiger charge is 2.37. The number of aryl methyl sites for hydroxylation is 1. The lowest BCUT2D eigenvalue weighted by Crippen LogP contribution is -3.00. The van der Waals surface area contributed by atoms with E-state index in [0.717, 1.165) is 19.0 Å². The minimum Gasteiger partial charge on any atom is -1.00 e. The SMILES string of the molecule is CO[Si](CCC[n+]1ccc(-c2cc[nH+]cc2)cc1)(OC)OC.[Br-].[Br-]. The third-order valence-electron chi connectivity index (χ3n) is 3.77. The van der Waals surface area contributed by atoms with E-state index in [1.54, 1.807) is 21.3 Å². The Balaban J connectivity index is 0.00000264. The number of aromatic amines is 1. The molecule has 0 aliphatic carbocycles. The van der Waals surface area contributed by atoms with Crippen LogP contribution in [-0.2, 0) is 19.8 Å². The number of aromatic nitrogens is 2. The summed E-state index contributed by atoms with van der Waals surface area (Å²) < 4.78 is 18.5. The van der Waals surface area contributed by atoms with Crippen molar-refractivity contribution in [1.29, 1.82) is 0 Å². The summed E-state index contributed by atoms with van der Waals surface area (Å²) >= 11 is 0. The molecule has 0 spiro atoms. The molecule has 0 aromatic carbocycles. The minimum atomic E-state index is -2.45. The largest absolute Gasteiger partial charge is 1.00 e. The molecule has 0 amide bonds. The Hall–Kier alpha value is -0.643. The Morgan fingerprint density at radius 1 is 0.875 bits per heavy atom. The lowest BCUT2D eigenvalue weighted by atomic mass is 10.1. The summed E-state index contributed by atoms with van der Waals surface area (Å²) in [6, 6.07) is 9.19. The first kappa shape index (κ1) is 23.4. The van der Waals surface area contributed by atoms with Gasteiger partial charge in [0.25, 0.3) is 0 Å². The highest BCUT2D eigenvalue weighted by Crippen LogP contribution is 2.16. The van der Waals surface area contributed by atoms with Crippen molar-refractivity contribution in [3.8, 4) is 11.1 Å². The van der Waals surface area contributed by atoms with Gasteiger partial charge in [0, 0.05) is 58.1 Å².